The van der Waals surface area contributed by atoms with Crippen LogP contribution in [0, 0.1) is 20.8 Å². The van der Waals surface area contributed by atoms with Crippen molar-refractivity contribution in [2.75, 3.05) is 27.2 Å². The first-order valence-electron chi connectivity index (χ1n) is 15.1. The second kappa shape index (κ2) is 17.0. The first kappa shape index (κ1) is 34.1. The Labute approximate surface area is 274 Å². The summed E-state index contributed by atoms with van der Waals surface area (Å²) in [6.45, 7) is 8.13. The van der Waals surface area contributed by atoms with Gasteiger partial charge in [0.15, 0.2) is 0 Å². The Morgan fingerprint density at radius 3 is 2.35 bits per heavy atom. The molecule has 2 amide bonds. The number of hydrogen-bond donors (Lipinski definition) is 2. The third kappa shape index (κ3) is 10.4. The predicted octanol–water partition coefficient (Wildman–Crippen LogP) is 6.60. The molecule has 3 aromatic carbocycles. The first-order chi connectivity index (χ1) is 22.2. The van der Waals surface area contributed by atoms with Crippen molar-refractivity contribution in [2.45, 2.75) is 40.3 Å². The van der Waals surface area contributed by atoms with Crippen molar-refractivity contribution in [1.29, 1.82) is 0 Å². The molecule has 0 fully saturated rings. The summed E-state index contributed by atoms with van der Waals surface area (Å²) in [7, 11) is 3.37. The monoisotopic (exact) mass is 639 g/mol. The molecule has 0 bridgehead atoms. The molecule has 5 rings (SSSR count). The van der Waals surface area contributed by atoms with Crippen molar-refractivity contribution in [3.05, 3.63) is 123 Å². The quantitative estimate of drug-likeness (QED) is 0.148. The minimum Gasteiger partial charge on any atom is -0.497 e. The van der Waals surface area contributed by atoms with Gasteiger partial charge in [-0.05, 0) is 69.6 Å². The van der Waals surface area contributed by atoms with Gasteiger partial charge >= 0.3 is 0 Å². The van der Waals surface area contributed by atoms with E-state index in [0.717, 1.165) is 35.0 Å². The number of methoxy groups -OCH3 is 1. The summed E-state index contributed by atoms with van der Waals surface area (Å²) in [4.78, 5) is 36.8. The third-order valence-electron chi connectivity index (χ3n) is 6.91. The van der Waals surface area contributed by atoms with E-state index in [-0.39, 0.29) is 11.8 Å². The standard InChI is InChI=1S/C29H33N5O4S.C7H8/c1-19-17-38-28(33-19)23-12-22(13-24(14-23)29(36)34(3)16-26-32-20(2)18-39-26)27(35)31-10-6-9-30-15-21-7-5-8-25(11-21)37-4;1-7-5-3-2-4-6-7/h5,7-8,11-14,17-18,30H,6,9-10,15-16H2,1-4H3,(H,31,35);2-6H,1H3. The molecule has 0 unspecified atom stereocenters. The van der Waals surface area contributed by atoms with Gasteiger partial charge in [-0.2, -0.15) is 0 Å². The zero-order valence-electron chi connectivity index (χ0n) is 27.0. The van der Waals surface area contributed by atoms with Gasteiger partial charge in [-0.15, -0.1) is 11.3 Å². The van der Waals surface area contributed by atoms with Crippen LogP contribution in [0.2, 0.25) is 0 Å². The molecule has 0 saturated heterocycles. The van der Waals surface area contributed by atoms with Crippen LogP contribution in [0.15, 0.2) is 88.9 Å². The molecule has 2 heterocycles. The minimum absolute atomic E-state index is 0.219. The van der Waals surface area contributed by atoms with Gasteiger partial charge in [0.2, 0.25) is 5.89 Å². The van der Waals surface area contributed by atoms with Crippen molar-refractivity contribution < 1.29 is 18.7 Å². The van der Waals surface area contributed by atoms with Crippen LogP contribution >= 0.6 is 11.3 Å². The maximum absolute atomic E-state index is 13.3. The number of oxazole rings is 1. The molecule has 0 spiro atoms. The van der Waals surface area contributed by atoms with Gasteiger partial charge in [0.25, 0.3) is 11.8 Å². The van der Waals surface area contributed by atoms with Gasteiger partial charge in [0.05, 0.1) is 19.3 Å². The molecule has 9 nitrogen and oxygen atoms in total. The number of ether oxygens (including phenoxy) is 1. The van der Waals surface area contributed by atoms with Gasteiger partial charge in [0, 0.05) is 47.9 Å². The largest absolute Gasteiger partial charge is 0.497 e. The minimum atomic E-state index is -0.264. The second-order valence-corrected chi connectivity index (χ2v) is 11.9. The molecule has 2 aromatic heterocycles. The molecule has 46 heavy (non-hydrogen) atoms. The highest BCUT2D eigenvalue weighted by Crippen LogP contribution is 2.24. The summed E-state index contributed by atoms with van der Waals surface area (Å²) in [6, 6.07) is 23.2. The number of thiazole rings is 1. The summed E-state index contributed by atoms with van der Waals surface area (Å²) in [5, 5.41) is 9.13. The average molecular weight is 640 g/mol. The van der Waals surface area contributed by atoms with Gasteiger partial charge in [-0.1, -0.05) is 48.0 Å². The Bertz CT molecular complexity index is 1720. The zero-order chi connectivity index (χ0) is 32.9. The lowest BCUT2D eigenvalue weighted by atomic mass is 10.0. The molecular formula is C36H41N5O4S. The van der Waals surface area contributed by atoms with Crippen LogP contribution < -0.4 is 15.4 Å². The topological polar surface area (TPSA) is 110 Å². The molecule has 0 aliphatic rings. The van der Waals surface area contributed by atoms with Crippen LogP contribution in [0.3, 0.4) is 0 Å². The lowest BCUT2D eigenvalue weighted by molar-refractivity contribution is 0.0785. The molecule has 0 atom stereocenters. The summed E-state index contributed by atoms with van der Waals surface area (Å²) in [5.41, 5.74) is 5.40. The summed E-state index contributed by atoms with van der Waals surface area (Å²) >= 11 is 1.51. The van der Waals surface area contributed by atoms with Crippen molar-refractivity contribution in [1.82, 2.24) is 25.5 Å². The molecule has 0 radical (unpaired) electrons. The van der Waals surface area contributed by atoms with E-state index in [1.807, 2.05) is 61.7 Å². The van der Waals surface area contributed by atoms with Crippen molar-refractivity contribution in [2.24, 2.45) is 0 Å². The van der Waals surface area contributed by atoms with E-state index in [1.54, 1.807) is 43.5 Å². The lowest BCUT2D eigenvalue weighted by Gasteiger charge is -2.17. The smallest absolute Gasteiger partial charge is 0.254 e. The van der Waals surface area contributed by atoms with Crippen LogP contribution in [-0.4, -0.2) is 53.9 Å². The highest BCUT2D eigenvalue weighted by atomic mass is 32.1. The van der Waals surface area contributed by atoms with Crippen LogP contribution in [0.4, 0.5) is 0 Å². The maximum atomic E-state index is 13.3. The van der Waals surface area contributed by atoms with E-state index < -0.39 is 0 Å². The Morgan fingerprint density at radius 1 is 0.913 bits per heavy atom. The SMILES string of the molecule is COc1cccc(CNCCCNC(=O)c2cc(C(=O)N(C)Cc3nc(C)cs3)cc(-c3nc(C)co3)c2)c1.Cc1ccccc1. The summed E-state index contributed by atoms with van der Waals surface area (Å²) in [6.07, 6.45) is 2.29. The number of nitrogens with one attached hydrogen (secondary N) is 2. The van der Waals surface area contributed by atoms with E-state index in [1.165, 1.54) is 16.9 Å². The Morgan fingerprint density at radius 2 is 1.70 bits per heavy atom. The summed E-state index contributed by atoms with van der Waals surface area (Å²) in [5.74, 6) is 0.700. The molecule has 2 N–H and O–H groups in total. The van der Waals surface area contributed by atoms with Crippen LogP contribution in [0.5, 0.6) is 5.75 Å². The maximum Gasteiger partial charge on any atom is 0.254 e. The van der Waals surface area contributed by atoms with E-state index in [4.69, 9.17) is 9.15 Å². The molecule has 5 aromatic rings. The number of carbonyl (C=O) groups is 2. The fraction of sp³-hybridized carbons (Fsp3) is 0.278. The van der Waals surface area contributed by atoms with E-state index in [9.17, 15) is 9.59 Å². The van der Waals surface area contributed by atoms with E-state index in [2.05, 4.69) is 39.7 Å². The fourth-order valence-corrected chi connectivity index (χ4v) is 5.35. The van der Waals surface area contributed by atoms with Gasteiger partial charge < -0.3 is 24.7 Å². The number of nitrogens with zero attached hydrogens (tertiary/aromatic N) is 3. The van der Waals surface area contributed by atoms with Gasteiger partial charge in [-0.25, -0.2) is 9.97 Å². The van der Waals surface area contributed by atoms with Crippen LogP contribution in [-0.2, 0) is 13.1 Å². The number of carbonyl (C=O) groups excluding carboxylic acids is 2. The lowest BCUT2D eigenvalue weighted by Crippen LogP contribution is -2.29. The molecular weight excluding hydrogens is 598 g/mol. The zero-order valence-corrected chi connectivity index (χ0v) is 27.8. The Kier molecular flexibility index (Phi) is 12.6. The van der Waals surface area contributed by atoms with Crippen molar-refractivity contribution >= 4 is 23.2 Å². The number of aryl methyl sites for hydroxylation is 3. The fourth-order valence-electron chi connectivity index (χ4n) is 4.53. The molecule has 240 valence electrons. The number of amides is 2. The average Bonchev–Trinajstić information content (AvgIpc) is 3.69. The van der Waals surface area contributed by atoms with Crippen LogP contribution in [0.25, 0.3) is 11.5 Å². The molecule has 0 aliphatic heterocycles. The van der Waals surface area contributed by atoms with Crippen molar-refractivity contribution in [3.63, 3.8) is 0 Å². The predicted molar refractivity (Wildman–Crippen MR) is 182 cm³/mol. The molecule has 0 saturated carbocycles. The normalized spacial score (nSPS) is 10.5. The first-order valence-corrected chi connectivity index (χ1v) is 16.0. The van der Waals surface area contributed by atoms with Crippen LogP contribution in [0.1, 0.15) is 54.7 Å². The highest BCUT2D eigenvalue weighted by molar-refractivity contribution is 7.09. The Balaban J connectivity index is 0.000000606. The number of hydrogen-bond acceptors (Lipinski definition) is 8. The van der Waals surface area contributed by atoms with Gasteiger partial charge in [-0.3, -0.25) is 9.59 Å². The number of rotatable bonds is 12. The van der Waals surface area contributed by atoms with Crippen molar-refractivity contribution in [3.8, 4) is 17.2 Å². The Hall–Kier alpha value is -4.80. The second-order valence-electron chi connectivity index (χ2n) is 10.9. The number of aromatic nitrogens is 2. The van der Waals surface area contributed by atoms with Gasteiger partial charge in [0.1, 0.15) is 17.0 Å². The molecule has 10 heteroatoms. The van der Waals surface area contributed by atoms with E-state index in [0.29, 0.717) is 47.9 Å². The van der Waals surface area contributed by atoms with E-state index >= 15 is 0 Å². The summed E-state index contributed by atoms with van der Waals surface area (Å²) < 4.78 is 10.8. The third-order valence-corrected chi connectivity index (χ3v) is 7.86. The molecule has 0 aliphatic carbocycles. The number of benzene rings is 3. The highest BCUT2D eigenvalue weighted by Gasteiger charge is 2.19.